The molecule has 15 heavy (non-hydrogen) atoms. The van der Waals surface area contributed by atoms with Gasteiger partial charge in [-0.3, -0.25) is 20.3 Å². The molecule has 0 aromatic carbocycles. The van der Waals surface area contributed by atoms with Crippen molar-refractivity contribution >= 4 is 11.9 Å². The molecule has 2 rings (SSSR count). The molecule has 0 fully saturated rings. The fourth-order valence-corrected chi connectivity index (χ4v) is 1.12. The Morgan fingerprint density at radius 1 is 1.53 bits per heavy atom. The molecular formula is C8H10N6O. The summed E-state index contributed by atoms with van der Waals surface area (Å²) in [5, 5.41) is 15.4. The summed E-state index contributed by atoms with van der Waals surface area (Å²) in [7, 11) is 0. The van der Waals surface area contributed by atoms with Gasteiger partial charge in [0.15, 0.2) is 0 Å². The average Bonchev–Trinajstić information content (AvgIpc) is 2.77. The summed E-state index contributed by atoms with van der Waals surface area (Å²) in [5.41, 5.74) is 0.750. The number of nitrogens with one attached hydrogen (secondary N) is 3. The second kappa shape index (κ2) is 3.91. The van der Waals surface area contributed by atoms with Crippen LogP contribution in [0, 0.1) is 6.92 Å². The van der Waals surface area contributed by atoms with Gasteiger partial charge in [-0.25, -0.2) is 0 Å². The molecule has 0 saturated heterocycles. The van der Waals surface area contributed by atoms with E-state index in [1.54, 1.807) is 19.2 Å². The Kier molecular flexibility index (Phi) is 2.44. The van der Waals surface area contributed by atoms with Gasteiger partial charge in [0.1, 0.15) is 5.82 Å². The first-order valence-electron chi connectivity index (χ1n) is 4.41. The second-order valence-corrected chi connectivity index (χ2v) is 3.05. The molecule has 0 aliphatic heterocycles. The SMILES string of the molecule is Cc1nc(NC(=O)Cc2ccn[nH]2)n[nH]1. The van der Waals surface area contributed by atoms with E-state index in [1.807, 2.05) is 0 Å². The summed E-state index contributed by atoms with van der Waals surface area (Å²) in [6.07, 6.45) is 1.83. The molecule has 7 nitrogen and oxygen atoms in total. The number of carbonyl (C=O) groups is 1. The summed E-state index contributed by atoms with van der Waals surface area (Å²) < 4.78 is 0. The number of nitrogens with zero attached hydrogens (tertiary/aromatic N) is 3. The average molecular weight is 206 g/mol. The first-order valence-corrected chi connectivity index (χ1v) is 4.41. The van der Waals surface area contributed by atoms with Crippen LogP contribution in [0.1, 0.15) is 11.5 Å². The normalized spacial score (nSPS) is 10.2. The Balaban J connectivity index is 1.93. The summed E-state index contributed by atoms with van der Waals surface area (Å²) in [6.45, 7) is 1.76. The molecule has 3 N–H and O–H groups in total. The molecule has 0 spiro atoms. The van der Waals surface area contributed by atoms with Gasteiger partial charge in [0.05, 0.1) is 6.42 Å². The lowest BCUT2D eigenvalue weighted by molar-refractivity contribution is -0.115. The quantitative estimate of drug-likeness (QED) is 0.659. The van der Waals surface area contributed by atoms with E-state index in [1.165, 1.54) is 0 Å². The van der Waals surface area contributed by atoms with Crippen LogP contribution >= 0.6 is 0 Å². The van der Waals surface area contributed by atoms with E-state index >= 15 is 0 Å². The van der Waals surface area contributed by atoms with Crippen LogP contribution in [0.15, 0.2) is 12.3 Å². The first kappa shape index (κ1) is 9.38. The third kappa shape index (κ3) is 2.39. The van der Waals surface area contributed by atoms with E-state index < -0.39 is 0 Å². The number of aromatic amines is 2. The largest absolute Gasteiger partial charge is 0.293 e. The molecule has 0 atom stereocenters. The van der Waals surface area contributed by atoms with E-state index in [9.17, 15) is 4.79 Å². The van der Waals surface area contributed by atoms with Crippen molar-refractivity contribution < 1.29 is 4.79 Å². The van der Waals surface area contributed by atoms with Gasteiger partial charge < -0.3 is 0 Å². The van der Waals surface area contributed by atoms with Crippen molar-refractivity contribution in [1.82, 2.24) is 25.4 Å². The highest BCUT2D eigenvalue weighted by molar-refractivity contribution is 5.90. The second-order valence-electron chi connectivity index (χ2n) is 3.05. The zero-order chi connectivity index (χ0) is 10.7. The number of anilines is 1. The van der Waals surface area contributed by atoms with Crippen LogP contribution < -0.4 is 5.32 Å². The van der Waals surface area contributed by atoms with Crippen LogP contribution in [-0.2, 0) is 11.2 Å². The van der Waals surface area contributed by atoms with Gasteiger partial charge in [0, 0.05) is 11.9 Å². The molecule has 0 radical (unpaired) electrons. The van der Waals surface area contributed by atoms with E-state index in [2.05, 4.69) is 30.7 Å². The van der Waals surface area contributed by atoms with Crippen molar-refractivity contribution in [2.45, 2.75) is 13.3 Å². The number of hydrogen-bond acceptors (Lipinski definition) is 4. The fourth-order valence-electron chi connectivity index (χ4n) is 1.12. The third-order valence-corrected chi connectivity index (χ3v) is 1.76. The highest BCUT2D eigenvalue weighted by atomic mass is 16.1. The van der Waals surface area contributed by atoms with E-state index in [4.69, 9.17) is 0 Å². The first-order chi connectivity index (χ1) is 7.24. The summed E-state index contributed by atoms with van der Waals surface area (Å²) >= 11 is 0. The maximum atomic E-state index is 11.4. The lowest BCUT2D eigenvalue weighted by atomic mass is 10.3. The Morgan fingerprint density at radius 3 is 3.00 bits per heavy atom. The maximum absolute atomic E-state index is 11.4. The van der Waals surface area contributed by atoms with Gasteiger partial charge >= 0.3 is 0 Å². The number of rotatable bonds is 3. The molecular weight excluding hydrogens is 196 g/mol. The monoisotopic (exact) mass is 206 g/mol. The minimum absolute atomic E-state index is 0.182. The number of aryl methyl sites for hydroxylation is 1. The summed E-state index contributed by atoms with van der Waals surface area (Å²) in [4.78, 5) is 15.4. The van der Waals surface area contributed by atoms with Crippen molar-refractivity contribution in [2.24, 2.45) is 0 Å². The van der Waals surface area contributed by atoms with Crippen molar-refractivity contribution in [3.63, 3.8) is 0 Å². The third-order valence-electron chi connectivity index (χ3n) is 1.76. The van der Waals surface area contributed by atoms with Crippen LogP contribution in [0.3, 0.4) is 0 Å². The number of amides is 1. The van der Waals surface area contributed by atoms with Crippen molar-refractivity contribution in [1.29, 1.82) is 0 Å². The number of carbonyl (C=O) groups excluding carboxylic acids is 1. The van der Waals surface area contributed by atoms with Gasteiger partial charge in [-0.2, -0.15) is 10.1 Å². The molecule has 78 valence electrons. The van der Waals surface area contributed by atoms with Gasteiger partial charge in [-0.1, -0.05) is 0 Å². The molecule has 1 amide bonds. The van der Waals surface area contributed by atoms with Crippen LogP contribution in [-0.4, -0.2) is 31.3 Å². The molecule has 2 aromatic rings. The molecule has 0 aliphatic carbocycles. The lowest BCUT2D eigenvalue weighted by Crippen LogP contribution is -2.15. The molecule has 2 aromatic heterocycles. The van der Waals surface area contributed by atoms with Gasteiger partial charge in [-0.05, 0) is 13.0 Å². The van der Waals surface area contributed by atoms with Gasteiger partial charge in [0.2, 0.25) is 11.9 Å². The van der Waals surface area contributed by atoms with Crippen molar-refractivity contribution in [3.8, 4) is 0 Å². The van der Waals surface area contributed by atoms with Crippen LogP contribution in [0.4, 0.5) is 5.95 Å². The summed E-state index contributed by atoms with van der Waals surface area (Å²) in [5.74, 6) is 0.766. The number of hydrogen-bond donors (Lipinski definition) is 3. The Hall–Kier alpha value is -2.18. The predicted molar refractivity (Wildman–Crippen MR) is 52.0 cm³/mol. The Bertz CT molecular complexity index is 445. The molecule has 2 heterocycles. The van der Waals surface area contributed by atoms with Gasteiger partial charge in [0.25, 0.3) is 0 Å². The van der Waals surface area contributed by atoms with Crippen molar-refractivity contribution in [3.05, 3.63) is 23.8 Å². The van der Waals surface area contributed by atoms with Crippen LogP contribution in [0.5, 0.6) is 0 Å². The highest BCUT2D eigenvalue weighted by Crippen LogP contribution is 1.99. The molecule has 0 saturated carbocycles. The van der Waals surface area contributed by atoms with Crippen LogP contribution in [0.25, 0.3) is 0 Å². The number of H-pyrrole nitrogens is 2. The minimum atomic E-state index is -0.182. The molecule has 0 bridgehead atoms. The zero-order valence-electron chi connectivity index (χ0n) is 8.11. The smallest absolute Gasteiger partial charge is 0.248 e. The maximum Gasteiger partial charge on any atom is 0.248 e. The van der Waals surface area contributed by atoms with Gasteiger partial charge in [-0.15, -0.1) is 5.10 Å². The molecule has 0 aliphatic rings. The van der Waals surface area contributed by atoms with Crippen molar-refractivity contribution in [2.75, 3.05) is 5.32 Å². The Labute approximate surface area is 85.3 Å². The molecule has 7 heteroatoms. The lowest BCUT2D eigenvalue weighted by Gasteiger charge is -1.97. The highest BCUT2D eigenvalue weighted by Gasteiger charge is 2.07. The predicted octanol–water partition coefficient (Wildman–Crippen LogP) is 0.0174. The van der Waals surface area contributed by atoms with E-state index in [0.717, 1.165) is 5.69 Å². The zero-order valence-corrected chi connectivity index (χ0v) is 8.11. The topological polar surface area (TPSA) is 99.3 Å². The Morgan fingerprint density at radius 2 is 2.40 bits per heavy atom. The van der Waals surface area contributed by atoms with Crippen LogP contribution in [0.2, 0.25) is 0 Å². The van der Waals surface area contributed by atoms with E-state index in [-0.39, 0.29) is 18.3 Å². The van der Waals surface area contributed by atoms with E-state index in [0.29, 0.717) is 5.82 Å². The molecule has 0 unspecified atom stereocenters. The minimum Gasteiger partial charge on any atom is -0.293 e. The summed E-state index contributed by atoms with van der Waals surface area (Å²) in [6, 6.07) is 1.74. The number of aromatic nitrogens is 5. The standard InChI is InChI=1S/C8H10N6O/c1-5-10-8(14-12-5)11-7(15)4-6-2-3-9-13-6/h2-3H,4H2,1H3,(H,9,13)(H2,10,11,12,14,15). The fraction of sp³-hybridized carbons (Fsp3) is 0.250.